The highest BCUT2D eigenvalue weighted by Gasteiger charge is 2.17. The Balaban J connectivity index is 3.36. The van der Waals surface area contributed by atoms with Gasteiger partial charge in [-0.2, -0.15) is 5.26 Å². The summed E-state index contributed by atoms with van der Waals surface area (Å²) in [6, 6.07) is 2.79. The average Bonchev–Trinajstić information content (AvgIpc) is 2.26. The molecule has 0 unspecified atom stereocenters. The third-order valence-electron chi connectivity index (χ3n) is 1.85. The molecule has 1 aromatic heterocycles. The lowest BCUT2D eigenvalue weighted by molar-refractivity contribution is 0.149. The predicted octanol–water partition coefficient (Wildman–Crippen LogP) is 2.28. The van der Waals surface area contributed by atoms with Crippen LogP contribution in [0.2, 0.25) is 0 Å². The van der Waals surface area contributed by atoms with E-state index in [1.807, 2.05) is 0 Å². The molecular formula is C9H7BrF2N2O. The van der Waals surface area contributed by atoms with E-state index in [2.05, 4.69) is 20.9 Å². The summed E-state index contributed by atoms with van der Waals surface area (Å²) in [6.07, 6.45) is -2.68. The zero-order valence-electron chi connectivity index (χ0n) is 7.54. The summed E-state index contributed by atoms with van der Waals surface area (Å²) in [5, 5.41) is 17.7. The number of rotatable bonds is 3. The first-order chi connectivity index (χ1) is 7.13. The highest BCUT2D eigenvalue weighted by atomic mass is 79.9. The molecule has 0 radical (unpaired) electrons. The highest BCUT2D eigenvalue weighted by Crippen LogP contribution is 2.25. The Hall–Kier alpha value is -1.06. The monoisotopic (exact) mass is 276 g/mol. The molecule has 80 valence electrons. The minimum Gasteiger partial charge on any atom is -0.390 e. The fourth-order valence-corrected chi connectivity index (χ4v) is 1.57. The Labute approximate surface area is 93.5 Å². The number of aliphatic hydroxyl groups is 1. The van der Waals surface area contributed by atoms with Gasteiger partial charge in [0.2, 0.25) is 0 Å². The molecule has 3 nitrogen and oxygen atoms in total. The van der Waals surface area contributed by atoms with E-state index in [-0.39, 0.29) is 27.8 Å². The van der Waals surface area contributed by atoms with Crippen LogP contribution in [0.15, 0.2) is 6.07 Å². The van der Waals surface area contributed by atoms with Crippen LogP contribution >= 0.6 is 15.9 Å². The van der Waals surface area contributed by atoms with Crippen LogP contribution in [0.25, 0.3) is 0 Å². The summed E-state index contributed by atoms with van der Waals surface area (Å²) >= 11 is 3.03. The van der Waals surface area contributed by atoms with Crippen LogP contribution in [0, 0.1) is 11.3 Å². The molecular weight excluding hydrogens is 270 g/mol. The molecule has 1 rings (SSSR count). The molecule has 0 saturated carbocycles. The third kappa shape index (κ3) is 2.49. The van der Waals surface area contributed by atoms with Crippen LogP contribution < -0.4 is 0 Å². The van der Waals surface area contributed by atoms with Crippen molar-refractivity contribution >= 4 is 15.9 Å². The van der Waals surface area contributed by atoms with Gasteiger partial charge in [-0.1, -0.05) is 15.9 Å². The average molecular weight is 277 g/mol. The zero-order valence-corrected chi connectivity index (χ0v) is 9.13. The smallest absolute Gasteiger partial charge is 0.265 e. The van der Waals surface area contributed by atoms with Gasteiger partial charge in [0.15, 0.2) is 0 Å². The number of aliphatic hydroxyl groups excluding tert-OH is 1. The van der Waals surface area contributed by atoms with Gasteiger partial charge in [0.1, 0.15) is 6.07 Å². The molecule has 1 heterocycles. The Bertz CT molecular complexity index is 404. The minimum absolute atomic E-state index is 0.0162. The molecule has 0 fully saturated rings. The lowest BCUT2D eigenvalue weighted by Crippen LogP contribution is -2.03. The molecule has 0 saturated heterocycles. The van der Waals surface area contributed by atoms with Crippen molar-refractivity contribution < 1.29 is 13.9 Å². The molecule has 0 atom stereocenters. The lowest BCUT2D eigenvalue weighted by atomic mass is 10.1. The quantitative estimate of drug-likeness (QED) is 0.862. The second kappa shape index (κ2) is 5.14. The molecule has 0 aliphatic rings. The number of aromatic nitrogens is 1. The molecule has 0 aliphatic heterocycles. The summed E-state index contributed by atoms with van der Waals surface area (Å²) in [5.41, 5.74) is -0.0254. The molecule has 6 heteroatoms. The van der Waals surface area contributed by atoms with Crippen molar-refractivity contribution in [3.8, 4) is 6.07 Å². The SMILES string of the molecule is N#Cc1cc(C(F)F)c(CBr)nc1CO. The van der Waals surface area contributed by atoms with Crippen molar-refractivity contribution in [3.63, 3.8) is 0 Å². The lowest BCUT2D eigenvalue weighted by Gasteiger charge is -2.08. The van der Waals surface area contributed by atoms with E-state index in [4.69, 9.17) is 10.4 Å². The number of pyridine rings is 1. The van der Waals surface area contributed by atoms with Gasteiger partial charge in [-0.05, 0) is 6.07 Å². The maximum atomic E-state index is 12.5. The van der Waals surface area contributed by atoms with E-state index in [0.717, 1.165) is 6.07 Å². The van der Waals surface area contributed by atoms with Crippen molar-refractivity contribution in [2.24, 2.45) is 0 Å². The maximum Gasteiger partial charge on any atom is 0.265 e. The van der Waals surface area contributed by atoms with Crippen LogP contribution in [0.1, 0.15) is 28.9 Å². The van der Waals surface area contributed by atoms with Crippen LogP contribution in [0.3, 0.4) is 0 Å². The first-order valence-corrected chi connectivity index (χ1v) is 5.14. The van der Waals surface area contributed by atoms with E-state index in [9.17, 15) is 8.78 Å². The van der Waals surface area contributed by atoms with Gasteiger partial charge < -0.3 is 5.11 Å². The van der Waals surface area contributed by atoms with Crippen molar-refractivity contribution in [1.29, 1.82) is 5.26 Å². The van der Waals surface area contributed by atoms with E-state index in [1.165, 1.54) is 0 Å². The van der Waals surface area contributed by atoms with Crippen LogP contribution in [0.4, 0.5) is 8.78 Å². The van der Waals surface area contributed by atoms with Gasteiger partial charge in [0.25, 0.3) is 6.43 Å². The zero-order chi connectivity index (χ0) is 11.4. The van der Waals surface area contributed by atoms with E-state index in [1.54, 1.807) is 6.07 Å². The fourth-order valence-electron chi connectivity index (χ4n) is 1.12. The van der Waals surface area contributed by atoms with Gasteiger partial charge in [0.05, 0.1) is 23.6 Å². The molecule has 0 spiro atoms. The first-order valence-electron chi connectivity index (χ1n) is 4.01. The van der Waals surface area contributed by atoms with Gasteiger partial charge in [-0.25, -0.2) is 8.78 Å². The molecule has 0 aromatic carbocycles. The number of alkyl halides is 3. The van der Waals surface area contributed by atoms with Crippen LogP contribution in [0.5, 0.6) is 0 Å². The summed E-state index contributed by atoms with van der Waals surface area (Å²) in [4.78, 5) is 3.80. The number of hydrogen-bond donors (Lipinski definition) is 1. The number of halogens is 3. The molecule has 15 heavy (non-hydrogen) atoms. The van der Waals surface area contributed by atoms with Gasteiger partial charge in [-0.15, -0.1) is 0 Å². The summed E-state index contributed by atoms with van der Waals surface area (Å²) < 4.78 is 25.1. The minimum atomic E-state index is -2.68. The fraction of sp³-hybridized carbons (Fsp3) is 0.333. The van der Waals surface area contributed by atoms with Crippen molar-refractivity contribution in [3.05, 3.63) is 28.6 Å². The van der Waals surface area contributed by atoms with Gasteiger partial charge in [-0.3, -0.25) is 4.98 Å². The van der Waals surface area contributed by atoms with Crippen LogP contribution in [-0.4, -0.2) is 10.1 Å². The first kappa shape index (κ1) is 12.0. The van der Waals surface area contributed by atoms with Crippen LogP contribution in [-0.2, 0) is 11.9 Å². The van der Waals surface area contributed by atoms with E-state index >= 15 is 0 Å². The number of nitrogens with zero attached hydrogens (tertiary/aromatic N) is 2. The third-order valence-corrected chi connectivity index (χ3v) is 2.38. The highest BCUT2D eigenvalue weighted by molar-refractivity contribution is 9.08. The second-order valence-corrected chi connectivity index (χ2v) is 3.28. The number of nitriles is 1. The Morgan fingerprint density at radius 2 is 2.20 bits per heavy atom. The normalized spacial score (nSPS) is 10.4. The summed E-state index contributed by atoms with van der Waals surface area (Å²) in [5.74, 6) is 0. The van der Waals surface area contributed by atoms with Crippen molar-refractivity contribution in [2.75, 3.05) is 0 Å². The van der Waals surface area contributed by atoms with Gasteiger partial charge in [0, 0.05) is 10.9 Å². The summed E-state index contributed by atoms with van der Waals surface area (Å²) in [6.45, 7) is -0.438. The topological polar surface area (TPSA) is 56.9 Å². The van der Waals surface area contributed by atoms with E-state index < -0.39 is 13.0 Å². The Morgan fingerprint density at radius 1 is 1.53 bits per heavy atom. The molecule has 1 aromatic rings. The Kier molecular flexibility index (Phi) is 4.12. The molecule has 0 amide bonds. The van der Waals surface area contributed by atoms with Crippen molar-refractivity contribution in [2.45, 2.75) is 18.4 Å². The second-order valence-electron chi connectivity index (χ2n) is 2.72. The molecule has 0 bridgehead atoms. The Morgan fingerprint density at radius 3 is 2.60 bits per heavy atom. The number of hydrogen-bond acceptors (Lipinski definition) is 3. The maximum absolute atomic E-state index is 12.5. The predicted molar refractivity (Wildman–Crippen MR) is 52.5 cm³/mol. The largest absolute Gasteiger partial charge is 0.390 e. The molecule has 0 aliphatic carbocycles. The summed E-state index contributed by atoms with van der Waals surface area (Å²) in [7, 11) is 0. The molecule has 1 N–H and O–H groups in total. The standard InChI is InChI=1S/C9H7BrF2N2O/c10-2-7-6(9(11)12)1-5(3-13)8(4-15)14-7/h1,9,15H,2,4H2. The van der Waals surface area contributed by atoms with Gasteiger partial charge >= 0.3 is 0 Å². The van der Waals surface area contributed by atoms with Crippen molar-refractivity contribution in [1.82, 2.24) is 4.98 Å². The van der Waals surface area contributed by atoms with E-state index in [0.29, 0.717) is 0 Å².